The standard InChI is InChI=1S/C23H27N3O2/c1-16(17-6-2-3-7-17)22(27)25-20-10-11-21-18(14-20)9-5-13-26(21)23(28)19-8-4-12-24-15-19/h4,8,10-12,14-17H,2-3,5-7,9,13H2,1H3,(H,25,27). The van der Waals surface area contributed by atoms with Crippen LogP contribution in [0.25, 0.3) is 0 Å². The average molecular weight is 377 g/mol. The van der Waals surface area contributed by atoms with E-state index in [4.69, 9.17) is 0 Å². The highest BCUT2D eigenvalue weighted by atomic mass is 16.2. The molecule has 1 aliphatic heterocycles. The van der Waals surface area contributed by atoms with Gasteiger partial charge < -0.3 is 10.2 Å². The SMILES string of the molecule is CC(C(=O)Nc1ccc2c(c1)CCCN2C(=O)c1cccnc1)C1CCCC1. The third-order valence-electron chi connectivity index (χ3n) is 6.14. The highest BCUT2D eigenvalue weighted by Crippen LogP contribution is 2.33. The molecule has 1 atom stereocenters. The number of rotatable bonds is 4. The first kappa shape index (κ1) is 18.7. The molecule has 5 heteroatoms. The Labute approximate surface area is 166 Å². The maximum atomic E-state index is 12.9. The molecule has 1 unspecified atom stereocenters. The summed E-state index contributed by atoms with van der Waals surface area (Å²) in [5.41, 5.74) is 3.46. The van der Waals surface area contributed by atoms with E-state index in [0.29, 0.717) is 18.0 Å². The first-order valence-electron chi connectivity index (χ1n) is 10.3. The molecule has 5 nitrogen and oxygen atoms in total. The Morgan fingerprint density at radius 2 is 2.00 bits per heavy atom. The Hall–Kier alpha value is -2.69. The van der Waals surface area contributed by atoms with Gasteiger partial charge in [-0.25, -0.2) is 0 Å². The van der Waals surface area contributed by atoms with Gasteiger partial charge in [0, 0.05) is 36.2 Å². The molecule has 2 aliphatic rings. The van der Waals surface area contributed by atoms with E-state index in [2.05, 4.69) is 10.3 Å². The number of carbonyl (C=O) groups is 2. The number of fused-ring (bicyclic) bond motifs is 1. The number of amides is 2. The summed E-state index contributed by atoms with van der Waals surface area (Å²) in [6, 6.07) is 9.47. The highest BCUT2D eigenvalue weighted by Gasteiger charge is 2.28. The van der Waals surface area contributed by atoms with Crippen LogP contribution in [-0.2, 0) is 11.2 Å². The molecule has 2 amide bonds. The molecular formula is C23H27N3O2. The first-order valence-corrected chi connectivity index (χ1v) is 10.3. The number of nitrogens with one attached hydrogen (secondary N) is 1. The fourth-order valence-electron chi connectivity index (χ4n) is 4.46. The Morgan fingerprint density at radius 1 is 1.18 bits per heavy atom. The van der Waals surface area contributed by atoms with Gasteiger partial charge in [0.25, 0.3) is 5.91 Å². The number of benzene rings is 1. The van der Waals surface area contributed by atoms with Crippen LogP contribution in [0, 0.1) is 11.8 Å². The zero-order valence-electron chi connectivity index (χ0n) is 16.4. The Bertz CT molecular complexity index is 859. The molecule has 1 aromatic heterocycles. The van der Waals surface area contributed by atoms with Crippen LogP contribution in [0.15, 0.2) is 42.7 Å². The zero-order chi connectivity index (χ0) is 19.5. The topological polar surface area (TPSA) is 62.3 Å². The van der Waals surface area contributed by atoms with E-state index in [1.807, 2.05) is 30.0 Å². The Morgan fingerprint density at radius 3 is 2.75 bits per heavy atom. The molecule has 1 fully saturated rings. The quantitative estimate of drug-likeness (QED) is 0.857. The van der Waals surface area contributed by atoms with Gasteiger partial charge >= 0.3 is 0 Å². The molecule has 28 heavy (non-hydrogen) atoms. The third kappa shape index (κ3) is 3.79. The van der Waals surface area contributed by atoms with E-state index in [1.54, 1.807) is 24.5 Å². The summed E-state index contributed by atoms with van der Waals surface area (Å²) in [6.45, 7) is 2.74. The molecule has 0 spiro atoms. The van der Waals surface area contributed by atoms with Crippen LogP contribution in [-0.4, -0.2) is 23.3 Å². The van der Waals surface area contributed by atoms with Crippen molar-refractivity contribution in [3.8, 4) is 0 Å². The molecule has 4 rings (SSSR count). The molecular weight excluding hydrogens is 350 g/mol. The predicted molar refractivity (Wildman–Crippen MR) is 110 cm³/mol. The molecule has 2 heterocycles. The normalized spacial score (nSPS) is 17.8. The van der Waals surface area contributed by atoms with Crippen LogP contribution >= 0.6 is 0 Å². The second-order valence-corrected chi connectivity index (χ2v) is 7.97. The fourth-order valence-corrected chi connectivity index (χ4v) is 4.46. The van der Waals surface area contributed by atoms with E-state index < -0.39 is 0 Å². The number of carbonyl (C=O) groups excluding carboxylic acids is 2. The van der Waals surface area contributed by atoms with Crippen molar-refractivity contribution in [3.63, 3.8) is 0 Å². The first-order chi connectivity index (χ1) is 13.6. The molecule has 0 bridgehead atoms. The van der Waals surface area contributed by atoms with E-state index in [9.17, 15) is 9.59 Å². The molecule has 0 saturated heterocycles. The van der Waals surface area contributed by atoms with Crippen LogP contribution in [0.2, 0.25) is 0 Å². The molecule has 1 saturated carbocycles. The summed E-state index contributed by atoms with van der Waals surface area (Å²) in [7, 11) is 0. The van der Waals surface area contributed by atoms with Gasteiger partial charge in [-0.3, -0.25) is 14.6 Å². The molecule has 1 aliphatic carbocycles. The van der Waals surface area contributed by atoms with Gasteiger partial charge in [0.1, 0.15) is 0 Å². The van der Waals surface area contributed by atoms with E-state index >= 15 is 0 Å². The van der Waals surface area contributed by atoms with Gasteiger partial charge in [-0.05, 0) is 67.5 Å². The van der Waals surface area contributed by atoms with Gasteiger partial charge in [0.15, 0.2) is 0 Å². The summed E-state index contributed by atoms with van der Waals surface area (Å²) < 4.78 is 0. The maximum absolute atomic E-state index is 12.9. The van der Waals surface area contributed by atoms with Gasteiger partial charge in [-0.2, -0.15) is 0 Å². The summed E-state index contributed by atoms with van der Waals surface area (Å²) >= 11 is 0. The van der Waals surface area contributed by atoms with Crippen LogP contribution < -0.4 is 10.2 Å². The minimum Gasteiger partial charge on any atom is -0.326 e. The second-order valence-electron chi connectivity index (χ2n) is 7.97. The monoisotopic (exact) mass is 377 g/mol. The van der Waals surface area contributed by atoms with Crippen molar-refractivity contribution in [1.29, 1.82) is 0 Å². The van der Waals surface area contributed by atoms with Crippen molar-refractivity contribution in [2.45, 2.75) is 45.4 Å². The summed E-state index contributed by atoms with van der Waals surface area (Å²) in [4.78, 5) is 31.4. The largest absolute Gasteiger partial charge is 0.326 e. The molecule has 1 aromatic carbocycles. The van der Waals surface area contributed by atoms with Crippen molar-refractivity contribution in [2.24, 2.45) is 11.8 Å². The van der Waals surface area contributed by atoms with Crippen LogP contribution in [0.3, 0.4) is 0 Å². The number of aromatic nitrogens is 1. The van der Waals surface area contributed by atoms with Crippen LogP contribution in [0.1, 0.15) is 54.9 Å². The van der Waals surface area contributed by atoms with Crippen molar-refractivity contribution >= 4 is 23.2 Å². The fraction of sp³-hybridized carbons (Fsp3) is 0.435. The lowest BCUT2D eigenvalue weighted by molar-refractivity contribution is -0.120. The van der Waals surface area contributed by atoms with Gasteiger partial charge in [-0.1, -0.05) is 19.8 Å². The Balaban J connectivity index is 1.50. The van der Waals surface area contributed by atoms with Crippen LogP contribution in [0.4, 0.5) is 11.4 Å². The van der Waals surface area contributed by atoms with Crippen molar-refractivity contribution < 1.29 is 9.59 Å². The lowest BCUT2D eigenvalue weighted by atomic mass is 9.91. The second kappa shape index (κ2) is 8.13. The van der Waals surface area contributed by atoms with Gasteiger partial charge in [0.2, 0.25) is 5.91 Å². The number of pyridine rings is 1. The zero-order valence-corrected chi connectivity index (χ0v) is 16.4. The molecule has 1 N–H and O–H groups in total. The van der Waals surface area contributed by atoms with Crippen molar-refractivity contribution in [3.05, 3.63) is 53.9 Å². The number of hydrogen-bond acceptors (Lipinski definition) is 3. The summed E-state index contributed by atoms with van der Waals surface area (Å²) in [5, 5.41) is 3.09. The highest BCUT2D eigenvalue weighted by molar-refractivity contribution is 6.06. The van der Waals surface area contributed by atoms with Gasteiger partial charge in [-0.15, -0.1) is 0 Å². The molecule has 0 radical (unpaired) electrons. The third-order valence-corrected chi connectivity index (χ3v) is 6.14. The lowest BCUT2D eigenvalue weighted by Gasteiger charge is -2.30. The smallest absolute Gasteiger partial charge is 0.259 e. The van der Waals surface area contributed by atoms with Crippen molar-refractivity contribution in [1.82, 2.24) is 4.98 Å². The van der Waals surface area contributed by atoms with E-state index in [1.165, 1.54) is 12.8 Å². The minimum absolute atomic E-state index is 0.0271. The predicted octanol–water partition coefficient (Wildman–Crippen LogP) is 4.44. The maximum Gasteiger partial charge on any atom is 0.259 e. The number of nitrogens with zero attached hydrogens (tertiary/aromatic N) is 2. The van der Waals surface area contributed by atoms with Crippen molar-refractivity contribution in [2.75, 3.05) is 16.8 Å². The van der Waals surface area contributed by atoms with Crippen LogP contribution in [0.5, 0.6) is 0 Å². The van der Waals surface area contributed by atoms with E-state index in [0.717, 1.165) is 42.6 Å². The lowest BCUT2D eigenvalue weighted by Crippen LogP contribution is -2.35. The summed E-state index contributed by atoms with van der Waals surface area (Å²) in [5.74, 6) is 0.624. The summed E-state index contributed by atoms with van der Waals surface area (Å²) in [6.07, 6.45) is 9.89. The van der Waals surface area contributed by atoms with E-state index in [-0.39, 0.29) is 17.7 Å². The number of hydrogen-bond donors (Lipinski definition) is 1. The molecule has 2 aromatic rings. The average Bonchev–Trinajstić information content (AvgIpc) is 3.27. The molecule has 146 valence electrons. The number of anilines is 2. The van der Waals surface area contributed by atoms with Gasteiger partial charge in [0.05, 0.1) is 5.56 Å². The Kier molecular flexibility index (Phi) is 5.42. The minimum atomic E-state index is -0.0271. The number of aryl methyl sites for hydroxylation is 1.